The van der Waals surface area contributed by atoms with Gasteiger partial charge in [0.15, 0.2) is 0 Å². The fourth-order valence-electron chi connectivity index (χ4n) is 7.41. The Balaban J connectivity index is 1.58. The number of rotatable bonds is 12. The Kier molecular flexibility index (Phi) is 8.59. The number of nitrogens with zero attached hydrogens (tertiary/aromatic N) is 2. The van der Waals surface area contributed by atoms with E-state index in [2.05, 4.69) is 13.2 Å². The summed E-state index contributed by atoms with van der Waals surface area (Å²) in [6.45, 7) is 13.8. The summed E-state index contributed by atoms with van der Waals surface area (Å²) in [4.78, 5) is 46.4. The maximum Gasteiger partial charge on any atom is 0.311 e. The Labute approximate surface area is 253 Å². The number of thioether (sulfide) groups is 1. The summed E-state index contributed by atoms with van der Waals surface area (Å²) in [5.74, 6) is -2.27. The summed E-state index contributed by atoms with van der Waals surface area (Å²) in [6, 6.07) is 12.5. The van der Waals surface area contributed by atoms with Gasteiger partial charge in [-0.1, -0.05) is 56.3 Å². The third kappa shape index (κ3) is 4.86. The van der Waals surface area contributed by atoms with Crippen molar-refractivity contribution >= 4 is 46.0 Å². The van der Waals surface area contributed by atoms with Crippen molar-refractivity contribution in [2.45, 2.75) is 68.0 Å². The molecule has 3 aliphatic rings. The molecule has 3 fully saturated rings. The summed E-state index contributed by atoms with van der Waals surface area (Å²) in [6.07, 6.45) is 6.23. The number of hydrogen-bond donors (Lipinski definition) is 1. The molecule has 42 heavy (non-hydrogen) atoms. The number of fused-ring (bicyclic) bond motifs is 2. The number of likely N-dealkylation sites (tertiary alicyclic amines) is 1. The molecule has 8 heteroatoms. The third-order valence-corrected chi connectivity index (χ3v) is 11.4. The lowest BCUT2D eigenvalue weighted by Crippen LogP contribution is -2.58. The van der Waals surface area contributed by atoms with Crippen molar-refractivity contribution in [1.82, 2.24) is 4.90 Å². The second kappa shape index (κ2) is 11.9. The average molecular weight is 591 g/mol. The summed E-state index contributed by atoms with van der Waals surface area (Å²) in [5, 5.41) is 12.6. The van der Waals surface area contributed by atoms with E-state index in [4.69, 9.17) is 4.74 Å². The molecule has 0 radical (unpaired) electrons. The molecule has 3 heterocycles. The number of allylic oxidation sites excluding steroid dienone is 1. The quantitative estimate of drug-likeness (QED) is 0.203. The smallest absolute Gasteiger partial charge is 0.311 e. The van der Waals surface area contributed by atoms with Crippen LogP contribution in [-0.4, -0.2) is 69.1 Å². The van der Waals surface area contributed by atoms with Crippen LogP contribution in [0.15, 0.2) is 67.8 Å². The molecule has 0 aliphatic carbocycles. The molecule has 3 saturated heterocycles. The van der Waals surface area contributed by atoms with Gasteiger partial charge in [-0.15, -0.1) is 24.9 Å². The minimum atomic E-state index is -0.841. The molecule has 3 aliphatic heterocycles. The van der Waals surface area contributed by atoms with Crippen molar-refractivity contribution in [3.63, 3.8) is 0 Å². The molecule has 2 aromatic rings. The van der Waals surface area contributed by atoms with Gasteiger partial charge in [0.25, 0.3) is 5.91 Å². The largest absolute Gasteiger partial charge is 0.465 e. The number of ether oxygens (including phenoxy) is 1. The van der Waals surface area contributed by atoms with Crippen LogP contribution in [-0.2, 0) is 19.1 Å². The van der Waals surface area contributed by atoms with Crippen LogP contribution in [0, 0.1) is 17.8 Å². The molecule has 7 nitrogen and oxygen atoms in total. The Morgan fingerprint density at radius 3 is 2.57 bits per heavy atom. The summed E-state index contributed by atoms with van der Waals surface area (Å²) >= 11 is 1.61. The zero-order chi connectivity index (χ0) is 30.2. The Hall–Kier alpha value is -3.10. The fourth-order valence-corrected chi connectivity index (χ4v) is 9.74. The van der Waals surface area contributed by atoms with E-state index in [0.717, 1.165) is 22.9 Å². The number of aliphatic hydroxyl groups excluding tert-OH is 1. The van der Waals surface area contributed by atoms with Crippen LogP contribution in [0.5, 0.6) is 0 Å². The number of anilines is 1. The van der Waals surface area contributed by atoms with Gasteiger partial charge >= 0.3 is 5.97 Å². The second-order valence-corrected chi connectivity index (χ2v) is 14.2. The van der Waals surface area contributed by atoms with Crippen molar-refractivity contribution in [1.29, 1.82) is 0 Å². The molecule has 2 unspecified atom stereocenters. The summed E-state index contributed by atoms with van der Waals surface area (Å²) in [7, 11) is 0. The average Bonchev–Trinajstić information content (AvgIpc) is 3.54. The minimum Gasteiger partial charge on any atom is -0.465 e. The van der Waals surface area contributed by atoms with Crippen molar-refractivity contribution < 1.29 is 24.2 Å². The number of aliphatic hydroxyl groups is 1. The first kappa shape index (κ1) is 30.4. The molecule has 0 saturated carbocycles. The maximum absolute atomic E-state index is 14.9. The molecule has 2 amide bonds. The highest BCUT2D eigenvalue weighted by Gasteiger charge is 2.78. The van der Waals surface area contributed by atoms with Crippen LogP contribution in [0.25, 0.3) is 10.8 Å². The lowest BCUT2D eigenvalue weighted by atomic mass is 9.66. The van der Waals surface area contributed by atoms with Crippen molar-refractivity contribution in [2.24, 2.45) is 17.8 Å². The van der Waals surface area contributed by atoms with Gasteiger partial charge in [-0.3, -0.25) is 14.4 Å². The molecule has 6 atom stereocenters. The topological polar surface area (TPSA) is 87.1 Å². The zero-order valence-electron chi connectivity index (χ0n) is 24.8. The van der Waals surface area contributed by atoms with E-state index in [-0.39, 0.29) is 43.5 Å². The molecule has 0 aromatic heterocycles. The van der Waals surface area contributed by atoms with Gasteiger partial charge in [-0.2, -0.15) is 0 Å². The second-order valence-electron chi connectivity index (χ2n) is 12.3. The highest BCUT2D eigenvalue weighted by atomic mass is 32.2. The monoisotopic (exact) mass is 590 g/mol. The van der Waals surface area contributed by atoms with Crippen LogP contribution in [0.1, 0.15) is 46.5 Å². The van der Waals surface area contributed by atoms with E-state index in [0.29, 0.717) is 19.3 Å². The normalized spacial score (nSPS) is 28.6. The van der Waals surface area contributed by atoms with Crippen LogP contribution in [0.2, 0.25) is 0 Å². The molecule has 224 valence electrons. The van der Waals surface area contributed by atoms with E-state index in [1.807, 2.05) is 63.2 Å². The lowest BCUT2D eigenvalue weighted by molar-refractivity contribution is -0.156. The summed E-state index contributed by atoms with van der Waals surface area (Å²) < 4.78 is 4.42. The van der Waals surface area contributed by atoms with Gasteiger partial charge in [-0.25, -0.2) is 0 Å². The van der Waals surface area contributed by atoms with Crippen molar-refractivity contribution in [2.75, 3.05) is 24.7 Å². The standard InChI is InChI=1S/C34H42N2O5S/c1-6-8-11-19-41-32(40)28-27-30(38)36(26(21-37)22(3)4)29(34(27)17-16-33(28,5)42-34)31(39)35(18-7-2)25-15-14-23-12-9-10-13-24(23)20-25/h6-7,9-10,12-15,20,22,26-29,37H,1-2,8,11,16-19,21H2,3-5H3/t26-,27-,28-,29?,33+,34?/m0/s1. The number of esters is 1. The number of carbonyl (C=O) groups is 3. The van der Waals surface area contributed by atoms with Gasteiger partial charge in [0, 0.05) is 17.0 Å². The Bertz CT molecular complexity index is 1390. The number of hydrogen-bond acceptors (Lipinski definition) is 6. The number of unbranched alkanes of at least 4 members (excludes halogenated alkanes) is 1. The number of carbonyl (C=O) groups excluding carboxylic acids is 3. The molecule has 2 aromatic carbocycles. The molecular weight excluding hydrogens is 548 g/mol. The minimum absolute atomic E-state index is 0.0971. The summed E-state index contributed by atoms with van der Waals surface area (Å²) in [5.41, 5.74) is 0.720. The Morgan fingerprint density at radius 2 is 1.90 bits per heavy atom. The van der Waals surface area contributed by atoms with Gasteiger partial charge in [0.05, 0.1) is 35.8 Å². The number of benzene rings is 2. The van der Waals surface area contributed by atoms with Gasteiger partial charge in [-0.05, 0) is 61.4 Å². The SMILES string of the molecule is C=CCCCOC(=O)[C@@H]1[C@H]2C(=O)N([C@@H](CO)C(C)C)C(C(=O)N(CC=C)c3ccc4ccccc4c3)C23CC[C@@]1(C)S3. The molecule has 1 spiro atoms. The molecule has 2 bridgehead atoms. The van der Waals surface area contributed by atoms with Crippen LogP contribution in [0.4, 0.5) is 5.69 Å². The van der Waals surface area contributed by atoms with Gasteiger partial charge in [0.1, 0.15) is 6.04 Å². The first-order valence-corrected chi connectivity index (χ1v) is 15.8. The van der Waals surface area contributed by atoms with E-state index >= 15 is 0 Å². The van der Waals surface area contributed by atoms with Crippen LogP contribution < -0.4 is 4.90 Å². The highest BCUT2D eigenvalue weighted by molar-refractivity contribution is 8.02. The van der Waals surface area contributed by atoms with Crippen molar-refractivity contribution in [3.05, 3.63) is 67.8 Å². The third-order valence-electron chi connectivity index (χ3n) is 9.44. The van der Waals surface area contributed by atoms with Crippen LogP contribution in [0.3, 0.4) is 0 Å². The van der Waals surface area contributed by atoms with E-state index in [1.54, 1.807) is 33.7 Å². The van der Waals surface area contributed by atoms with E-state index < -0.39 is 33.4 Å². The van der Waals surface area contributed by atoms with E-state index in [9.17, 15) is 19.5 Å². The maximum atomic E-state index is 14.9. The molecule has 5 rings (SSSR count). The van der Waals surface area contributed by atoms with Crippen LogP contribution >= 0.6 is 11.8 Å². The Morgan fingerprint density at radius 1 is 1.17 bits per heavy atom. The molecule has 1 N–H and O–H groups in total. The van der Waals surface area contributed by atoms with Gasteiger partial charge < -0.3 is 19.6 Å². The predicted molar refractivity (Wildman–Crippen MR) is 168 cm³/mol. The first-order valence-electron chi connectivity index (χ1n) is 15.0. The highest BCUT2D eigenvalue weighted by Crippen LogP contribution is 2.72. The van der Waals surface area contributed by atoms with E-state index in [1.165, 1.54) is 0 Å². The zero-order valence-corrected chi connectivity index (χ0v) is 25.6. The number of amides is 2. The predicted octanol–water partition coefficient (Wildman–Crippen LogP) is 5.37. The fraction of sp³-hybridized carbons (Fsp3) is 0.500. The van der Waals surface area contributed by atoms with Crippen molar-refractivity contribution in [3.8, 4) is 0 Å². The van der Waals surface area contributed by atoms with Gasteiger partial charge in [0.2, 0.25) is 5.91 Å². The molecular formula is C34H42N2O5S. The lowest BCUT2D eigenvalue weighted by Gasteiger charge is -2.40. The first-order chi connectivity index (χ1) is 20.1.